The average molecular weight is 739 g/mol. The van der Waals surface area contributed by atoms with E-state index in [1.54, 1.807) is 65.8 Å². The zero-order valence-corrected chi connectivity index (χ0v) is 30.1. The Hall–Kier alpha value is -4.66. The topological polar surface area (TPSA) is 231 Å². The molecule has 0 aliphatic heterocycles. The van der Waals surface area contributed by atoms with Crippen LogP contribution >= 0.6 is 22.5 Å². The fourth-order valence-corrected chi connectivity index (χ4v) is 4.62. The van der Waals surface area contributed by atoms with Gasteiger partial charge in [-0.25, -0.2) is 35.2 Å². The number of nitrogens with one attached hydrogen (secondary N) is 4. The number of pyridine rings is 2. The van der Waals surface area contributed by atoms with E-state index in [1.807, 2.05) is 0 Å². The van der Waals surface area contributed by atoms with E-state index in [0.29, 0.717) is 10.8 Å². The Bertz CT molecular complexity index is 1460. The number of aromatic nitrogens is 2. The molecule has 2 heterocycles. The minimum atomic E-state index is -1.50. The summed E-state index contributed by atoms with van der Waals surface area (Å²) in [7, 11) is 0.553. The smallest absolute Gasteiger partial charge is 0.423 e. The standard InChI is InChI=1S/C30H42N8O10S2/c1-29(2,3)47-27(44)33-35-37(21-11-7-9-17-31-21)19(13-15-23(39)40)25(42)46-24(41)16-14-20(26(43)50-49)38(22-12-8-10-18-32-22)36-34-28(45)48-30(4,5)6/h7-12,17-20,35-36,49H,13-16H2,1-6H3,(H,33,44)(H,34,45)(H,39,40)/t19-,20-/m0/s1. The number of ether oxygens (including phenoxy) is 3. The van der Waals surface area contributed by atoms with Crippen molar-refractivity contribution in [3.63, 3.8) is 0 Å². The first-order valence-electron chi connectivity index (χ1n) is 15.1. The van der Waals surface area contributed by atoms with Crippen molar-refractivity contribution in [1.29, 1.82) is 0 Å². The molecule has 0 aliphatic rings. The number of esters is 2. The second-order valence-electron chi connectivity index (χ2n) is 12.3. The van der Waals surface area contributed by atoms with Gasteiger partial charge in [-0.2, -0.15) is 0 Å². The summed E-state index contributed by atoms with van der Waals surface area (Å²) in [5.74, 6) is -3.26. The first-order valence-corrected chi connectivity index (χ1v) is 17.0. The minimum absolute atomic E-state index is 0.0642. The Morgan fingerprint density at radius 3 is 1.64 bits per heavy atom. The summed E-state index contributed by atoms with van der Waals surface area (Å²) in [6, 6.07) is 6.71. The van der Waals surface area contributed by atoms with Gasteiger partial charge in [0.15, 0.2) is 0 Å². The van der Waals surface area contributed by atoms with Crippen LogP contribution in [0, 0.1) is 0 Å². The van der Waals surface area contributed by atoms with Crippen LogP contribution in [0.3, 0.4) is 0 Å². The molecule has 0 bridgehead atoms. The van der Waals surface area contributed by atoms with Gasteiger partial charge in [0.2, 0.25) is 5.12 Å². The normalized spacial score (nSPS) is 12.5. The maximum absolute atomic E-state index is 13.5. The predicted octanol–water partition coefficient (Wildman–Crippen LogP) is 3.23. The van der Waals surface area contributed by atoms with Gasteiger partial charge in [0.25, 0.3) is 0 Å². The maximum atomic E-state index is 13.5. The number of nitrogens with zero attached hydrogens (tertiary/aromatic N) is 4. The van der Waals surface area contributed by atoms with Gasteiger partial charge in [0.1, 0.15) is 34.9 Å². The number of aliphatic carboxylic acids is 1. The van der Waals surface area contributed by atoms with Crippen LogP contribution in [-0.4, -0.2) is 73.6 Å². The van der Waals surface area contributed by atoms with Crippen molar-refractivity contribution in [3.8, 4) is 0 Å². The maximum Gasteiger partial charge on any atom is 0.423 e. The molecule has 0 aromatic carbocycles. The summed E-state index contributed by atoms with van der Waals surface area (Å²) in [4.78, 5) is 84.2. The molecule has 0 unspecified atom stereocenters. The van der Waals surface area contributed by atoms with Crippen LogP contribution in [0.2, 0.25) is 0 Å². The molecule has 18 nitrogen and oxygen atoms in total. The number of carbonyl (C=O) groups excluding carboxylic acids is 5. The number of hydrazine groups is 4. The number of anilines is 2. The summed E-state index contributed by atoms with van der Waals surface area (Å²) in [6.45, 7) is 9.90. The molecule has 0 fully saturated rings. The molecule has 20 heteroatoms. The molecule has 0 spiro atoms. The van der Waals surface area contributed by atoms with Crippen LogP contribution in [0.25, 0.3) is 0 Å². The van der Waals surface area contributed by atoms with Crippen molar-refractivity contribution >= 4 is 69.3 Å². The van der Waals surface area contributed by atoms with Crippen molar-refractivity contribution in [2.24, 2.45) is 0 Å². The van der Waals surface area contributed by atoms with Crippen LogP contribution in [0.5, 0.6) is 0 Å². The van der Waals surface area contributed by atoms with E-state index in [9.17, 15) is 33.9 Å². The van der Waals surface area contributed by atoms with Crippen LogP contribution in [-0.2, 0) is 33.4 Å². The van der Waals surface area contributed by atoms with E-state index in [-0.39, 0.29) is 24.5 Å². The monoisotopic (exact) mass is 738 g/mol. The fraction of sp³-hybridized carbons (Fsp3) is 0.467. The highest BCUT2D eigenvalue weighted by molar-refractivity contribution is 8.74. The molecule has 2 rings (SSSR count). The second-order valence-corrected chi connectivity index (χ2v) is 13.4. The van der Waals surface area contributed by atoms with E-state index >= 15 is 0 Å². The third kappa shape index (κ3) is 15.3. The van der Waals surface area contributed by atoms with Crippen LogP contribution in [0.4, 0.5) is 21.2 Å². The Labute approximate surface area is 298 Å². The average Bonchev–Trinajstić information content (AvgIpc) is 3.02. The van der Waals surface area contributed by atoms with Crippen molar-refractivity contribution in [3.05, 3.63) is 48.8 Å². The first kappa shape index (κ1) is 41.5. The summed E-state index contributed by atoms with van der Waals surface area (Å²) in [5.41, 5.74) is 7.98. The lowest BCUT2D eigenvalue weighted by atomic mass is 10.1. The molecule has 0 saturated heterocycles. The minimum Gasteiger partial charge on any atom is -0.481 e. The summed E-state index contributed by atoms with van der Waals surface area (Å²) in [5, 5.41) is 11.0. The molecular formula is C30H42N8O10S2. The fourth-order valence-electron chi connectivity index (χ4n) is 3.91. The lowest BCUT2D eigenvalue weighted by Gasteiger charge is -2.32. The van der Waals surface area contributed by atoms with Crippen molar-refractivity contribution < 1.29 is 48.1 Å². The molecule has 2 aromatic rings. The lowest BCUT2D eigenvalue weighted by Crippen LogP contribution is -2.58. The zero-order valence-electron chi connectivity index (χ0n) is 28.4. The molecule has 2 aromatic heterocycles. The van der Waals surface area contributed by atoms with Gasteiger partial charge in [0, 0.05) is 25.2 Å². The molecule has 0 radical (unpaired) electrons. The van der Waals surface area contributed by atoms with Gasteiger partial charge in [-0.3, -0.25) is 24.4 Å². The van der Waals surface area contributed by atoms with Crippen molar-refractivity contribution in [1.82, 2.24) is 31.9 Å². The Kier molecular flexibility index (Phi) is 16.2. The predicted molar refractivity (Wildman–Crippen MR) is 185 cm³/mol. The molecule has 50 heavy (non-hydrogen) atoms. The SMILES string of the molecule is CC(C)(C)OC(=O)NNN(c1ccccn1)[C@@H](CCC(=O)O)C(=O)OC(=O)CC[C@@H](C(=O)SS)N(NNC(=O)OC(C)(C)C)c1ccccn1. The lowest BCUT2D eigenvalue weighted by molar-refractivity contribution is -0.161. The number of hydrogen-bond acceptors (Lipinski definition) is 17. The van der Waals surface area contributed by atoms with Crippen LogP contribution in [0.15, 0.2) is 48.8 Å². The second kappa shape index (κ2) is 19.5. The molecule has 2 atom stereocenters. The van der Waals surface area contributed by atoms with E-state index < -0.39 is 71.3 Å². The van der Waals surface area contributed by atoms with Gasteiger partial charge in [-0.15, -0.1) is 22.7 Å². The van der Waals surface area contributed by atoms with E-state index in [1.165, 1.54) is 29.5 Å². The number of thiol groups is 1. The van der Waals surface area contributed by atoms with Gasteiger partial charge in [0.05, 0.1) is 0 Å². The number of rotatable bonds is 16. The number of amides is 2. The van der Waals surface area contributed by atoms with Gasteiger partial charge in [-0.05, 0) is 89.4 Å². The number of carboxylic acids is 1. The molecule has 5 N–H and O–H groups in total. The van der Waals surface area contributed by atoms with Gasteiger partial charge >= 0.3 is 30.1 Å². The number of carboxylic acid groups (broad SMARTS) is 1. The van der Waals surface area contributed by atoms with Gasteiger partial charge in [-0.1, -0.05) is 12.1 Å². The highest BCUT2D eigenvalue weighted by Crippen LogP contribution is 2.22. The van der Waals surface area contributed by atoms with Crippen molar-refractivity contribution in [2.45, 2.75) is 90.5 Å². The Morgan fingerprint density at radius 2 is 1.24 bits per heavy atom. The third-order valence-corrected chi connectivity index (χ3v) is 6.86. The quantitative estimate of drug-likeness (QED) is 0.0362. The largest absolute Gasteiger partial charge is 0.481 e. The van der Waals surface area contributed by atoms with Gasteiger partial charge < -0.3 is 19.3 Å². The molecule has 2 amide bonds. The van der Waals surface area contributed by atoms with Crippen molar-refractivity contribution in [2.75, 3.05) is 10.0 Å². The summed E-state index contributed by atoms with van der Waals surface area (Å²) < 4.78 is 15.6. The summed E-state index contributed by atoms with van der Waals surface area (Å²) >= 11 is 4.01. The number of carbonyl (C=O) groups is 6. The highest BCUT2D eigenvalue weighted by atomic mass is 33.1. The summed E-state index contributed by atoms with van der Waals surface area (Å²) in [6.07, 6.45) is -0.651. The molecular weight excluding hydrogens is 697 g/mol. The molecule has 0 saturated carbocycles. The Balaban J connectivity index is 2.29. The van der Waals surface area contributed by atoms with Crippen LogP contribution < -0.4 is 31.9 Å². The number of hydrogen-bond donors (Lipinski definition) is 6. The Morgan fingerprint density at radius 1 is 0.780 bits per heavy atom. The first-order chi connectivity index (χ1) is 23.4. The van der Waals surface area contributed by atoms with E-state index in [0.717, 1.165) is 5.01 Å². The van der Waals surface area contributed by atoms with E-state index in [2.05, 4.69) is 43.5 Å². The highest BCUT2D eigenvalue weighted by Gasteiger charge is 2.34. The van der Waals surface area contributed by atoms with E-state index in [4.69, 9.17) is 14.2 Å². The molecule has 0 aliphatic carbocycles. The zero-order chi connectivity index (χ0) is 37.5. The third-order valence-electron chi connectivity index (χ3n) is 5.87. The molecule has 274 valence electrons. The van der Waals surface area contributed by atoms with Crippen LogP contribution in [0.1, 0.15) is 67.2 Å².